The van der Waals surface area contributed by atoms with Crippen LogP contribution in [-0.4, -0.2) is 5.11 Å². The molecule has 1 rings (SSSR count). The first-order chi connectivity index (χ1) is 3.79. The van der Waals surface area contributed by atoms with E-state index in [1.807, 2.05) is 0 Å². The summed E-state index contributed by atoms with van der Waals surface area (Å²) in [4.78, 5) is 0. The normalized spacial score (nSPS) is 9.12. The van der Waals surface area contributed by atoms with Crippen LogP contribution in [0.4, 0.5) is 0 Å². The number of phenolic OH excluding ortho intramolecular Hbond substituents is 1. The van der Waals surface area contributed by atoms with Gasteiger partial charge in [-0.1, -0.05) is 6.07 Å². The summed E-state index contributed by atoms with van der Waals surface area (Å²) in [5.41, 5.74) is 0. The molecular weight excluding hydrogens is 119 g/mol. The molecule has 2 heteroatoms. The zero-order valence-corrected chi connectivity index (χ0v) is 5.41. The second-order valence-corrected chi connectivity index (χ2v) is 2.17. The topological polar surface area (TPSA) is 20.2 Å². The minimum atomic E-state index is 0.191. The number of phenols is 1. The molecule has 0 bridgehead atoms. The predicted octanol–water partition coefficient (Wildman–Crippen LogP) is 0.693. The van der Waals surface area contributed by atoms with Gasteiger partial charge in [-0.2, -0.15) is 0 Å². The van der Waals surface area contributed by atoms with Crippen LogP contribution in [0.1, 0.15) is 0 Å². The van der Waals surface area contributed by atoms with Gasteiger partial charge in [-0.15, -0.1) is 9.24 Å². The van der Waals surface area contributed by atoms with Crippen LogP contribution in [0.5, 0.6) is 5.75 Å². The predicted molar refractivity (Wildman–Crippen MR) is 36.3 cm³/mol. The van der Waals surface area contributed by atoms with E-state index in [1.165, 1.54) is 0 Å². The quantitative estimate of drug-likeness (QED) is 0.506. The van der Waals surface area contributed by atoms with Crippen molar-refractivity contribution in [3.8, 4) is 5.75 Å². The van der Waals surface area contributed by atoms with E-state index in [0.717, 1.165) is 5.30 Å². The molecule has 1 atom stereocenters. The molecule has 1 radical (unpaired) electrons. The monoisotopic (exact) mass is 125 g/mol. The van der Waals surface area contributed by atoms with Crippen LogP contribution in [0.3, 0.4) is 0 Å². The molecule has 0 aliphatic heterocycles. The molecule has 1 unspecified atom stereocenters. The van der Waals surface area contributed by atoms with Gasteiger partial charge in [0.05, 0.1) is 0 Å². The molecule has 0 amide bonds. The van der Waals surface area contributed by atoms with Gasteiger partial charge in [-0.05, 0) is 17.4 Å². The smallest absolute Gasteiger partial charge is 0.123 e. The molecule has 1 aromatic rings. The molecule has 1 N–H and O–H groups in total. The van der Waals surface area contributed by atoms with Crippen molar-refractivity contribution in [2.75, 3.05) is 0 Å². The van der Waals surface area contributed by atoms with E-state index in [0.29, 0.717) is 0 Å². The summed E-state index contributed by atoms with van der Waals surface area (Å²) < 4.78 is 0. The molecule has 0 aliphatic carbocycles. The fourth-order valence-corrected chi connectivity index (χ4v) is 0.608. The van der Waals surface area contributed by atoms with Crippen LogP contribution >= 0.6 is 9.24 Å². The lowest BCUT2D eigenvalue weighted by molar-refractivity contribution is 0.474. The molecule has 1 nitrogen and oxygen atoms in total. The number of hydrogen-bond acceptors (Lipinski definition) is 1. The van der Waals surface area contributed by atoms with Crippen molar-refractivity contribution in [3.05, 3.63) is 24.3 Å². The van der Waals surface area contributed by atoms with Crippen LogP contribution in [-0.2, 0) is 0 Å². The lowest BCUT2D eigenvalue weighted by Crippen LogP contribution is -1.84. The fraction of sp³-hybridized carbons (Fsp3) is 0. The van der Waals surface area contributed by atoms with Gasteiger partial charge >= 0.3 is 0 Å². The molecular formula is C6H6OP. The highest BCUT2D eigenvalue weighted by Gasteiger charge is 1.83. The standard InChI is InChI=1S/C6H6OP/c7-5-1-3-6(8)4-2-5/h1,3-4,7H,8H2. The van der Waals surface area contributed by atoms with Crippen LogP contribution in [0.25, 0.3) is 0 Å². The molecule has 0 fully saturated rings. The Morgan fingerprint density at radius 3 is 2.62 bits per heavy atom. The SMILES string of the molecule is Oc1[c]cc(P)cc1. The van der Waals surface area contributed by atoms with Crippen LogP contribution in [0.15, 0.2) is 18.2 Å². The Kier molecular flexibility index (Phi) is 1.50. The minimum Gasteiger partial charge on any atom is -0.507 e. The fourth-order valence-electron chi connectivity index (χ4n) is 0.429. The zero-order chi connectivity index (χ0) is 5.98. The van der Waals surface area contributed by atoms with Crippen LogP contribution in [0, 0.1) is 6.07 Å². The van der Waals surface area contributed by atoms with Gasteiger partial charge in [0.2, 0.25) is 0 Å². The molecule has 0 aliphatic rings. The Labute approximate surface area is 50.6 Å². The third-order valence-corrected chi connectivity index (χ3v) is 1.18. The Balaban J connectivity index is 3.03. The maximum atomic E-state index is 8.69. The number of rotatable bonds is 0. The minimum absolute atomic E-state index is 0.191. The number of benzene rings is 1. The van der Waals surface area contributed by atoms with E-state index in [-0.39, 0.29) is 5.75 Å². The van der Waals surface area contributed by atoms with E-state index in [2.05, 4.69) is 15.3 Å². The summed E-state index contributed by atoms with van der Waals surface area (Å²) in [6.07, 6.45) is 0. The van der Waals surface area contributed by atoms with Gasteiger partial charge in [0.15, 0.2) is 0 Å². The molecule has 41 valence electrons. The highest BCUT2D eigenvalue weighted by atomic mass is 31.0. The van der Waals surface area contributed by atoms with Gasteiger partial charge in [-0.25, -0.2) is 0 Å². The number of aromatic hydroxyl groups is 1. The molecule has 1 aromatic carbocycles. The third-order valence-electron chi connectivity index (χ3n) is 0.820. The van der Waals surface area contributed by atoms with Crippen LogP contribution in [0.2, 0.25) is 0 Å². The summed E-state index contributed by atoms with van der Waals surface area (Å²) in [6.45, 7) is 0. The second-order valence-electron chi connectivity index (χ2n) is 1.51. The van der Waals surface area contributed by atoms with Crippen molar-refractivity contribution in [1.82, 2.24) is 0 Å². The molecule has 0 aromatic heterocycles. The Morgan fingerprint density at radius 1 is 1.50 bits per heavy atom. The Morgan fingerprint density at radius 2 is 2.25 bits per heavy atom. The summed E-state index contributed by atoms with van der Waals surface area (Å²) in [5.74, 6) is 0.191. The molecule has 0 spiro atoms. The molecule has 0 saturated carbocycles. The summed E-state index contributed by atoms with van der Waals surface area (Å²) in [6, 6.07) is 7.74. The molecule has 8 heavy (non-hydrogen) atoms. The van der Waals surface area contributed by atoms with Gasteiger partial charge in [0.25, 0.3) is 0 Å². The summed E-state index contributed by atoms with van der Waals surface area (Å²) in [5, 5.41) is 9.72. The first kappa shape index (κ1) is 5.58. The third kappa shape index (κ3) is 1.21. The number of hydrogen-bond donors (Lipinski definition) is 1. The lowest BCUT2D eigenvalue weighted by Gasteiger charge is -1.88. The van der Waals surface area contributed by atoms with Gasteiger partial charge in [0.1, 0.15) is 5.75 Å². The van der Waals surface area contributed by atoms with Crippen molar-refractivity contribution < 1.29 is 5.11 Å². The first-order valence-electron chi connectivity index (χ1n) is 2.25. The Bertz CT molecular complexity index is 147. The summed E-state index contributed by atoms with van der Waals surface area (Å²) >= 11 is 0. The van der Waals surface area contributed by atoms with E-state index in [1.54, 1.807) is 18.2 Å². The van der Waals surface area contributed by atoms with Crippen molar-refractivity contribution in [3.63, 3.8) is 0 Å². The molecule has 0 heterocycles. The molecule has 0 saturated heterocycles. The van der Waals surface area contributed by atoms with Crippen molar-refractivity contribution in [2.45, 2.75) is 0 Å². The first-order valence-corrected chi connectivity index (χ1v) is 2.83. The zero-order valence-electron chi connectivity index (χ0n) is 4.26. The second kappa shape index (κ2) is 2.15. The highest BCUT2D eigenvalue weighted by molar-refractivity contribution is 7.27. The van der Waals surface area contributed by atoms with Gasteiger partial charge in [0, 0.05) is 6.07 Å². The Hall–Kier alpha value is -0.550. The average Bonchev–Trinajstić information content (AvgIpc) is 1.77. The maximum absolute atomic E-state index is 8.69. The largest absolute Gasteiger partial charge is 0.507 e. The van der Waals surface area contributed by atoms with E-state index < -0.39 is 0 Å². The van der Waals surface area contributed by atoms with E-state index in [4.69, 9.17) is 5.11 Å². The lowest BCUT2D eigenvalue weighted by atomic mass is 10.3. The van der Waals surface area contributed by atoms with E-state index >= 15 is 0 Å². The van der Waals surface area contributed by atoms with Crippen LogP contribution < -0.4 is 5.30 Å². The van der Waals surface area contributed by atoms with Crippen molar-refractivity contribution in [1.29, 1.82) is 0 Å². The van der Waals surface area contributed by atoms with Gasteiger partial charge in [-0.3, -0.25) is 0 Å². The average molecular weight is 125 g/mol. The summed E-state index contributed by atoms with van der Waals surface area (Å²) in [7, 11) is 2.51. The van der Waals surface area contributed by atoms with Crippen molar-refractivity contribution in [2.24, 2.45) is 0 Å². The van der Waals surface area contributed by atoms with Crippen molar-refractivity contribution >= 4 is 14.5 Å². The van der Waals surface area contributed by atoms with E-state index in [9.17, 15) is 0 Å². The van der Waals surface area contributed by atoms with Gasteiger partial charge < -0.3 is 5.11 Å². The maximum Gasteiger partial charge on any atom is 0.123 e. The highest BCUT2D eigenvalue weighted by Crippen LogP contribution is 2.02.